The second-order valence-electron chi connectivity index (χ2n) is 8.14. The van der Waals surface area contributed by atoms with Crippen LogP contribution >= 0.6 is 0 Å². The highest BCUT2D eigenvalue weighted by atomic mass is 14.9. The molecule has 0 saturated carbocycles. The average molecular weight is 383 g/mol. The summed E-state index contributed by atoms with van der Waals surface area (Å²) in [5.41, 5.74) is 2.88. The molecule has 0 spiro atoms. The summed E-state index contributed by atoms with van der Waals surface area (Å²) in [5.74, 6) is 0. The van der Waals surface area contributed by atoms with Crippen LogP contribution in [0.2, 0.25) is 0 Å². The molecule has 0 saturated heterocycles. The van der Waals surface area contributed by atoms with Crippen molar-refractivity contribution in [3.8, 4) is 0 Å². The van der Waals surface area contributed by atoms with Crippen LogP contribution in [-0.4, -0.2) is 0 Å². The van der Waals surface area contributed by atoms with Crippen molar-refractivity contribution in [2.24, 2.45) is 0 Å². The quantitative estimate of drug-likeness (QED) is 0.264. The molecule has 2 aromatic rings. The number of unbranched alkanes of at least 4 members (excludes halogenated alkanes) is 9. The molecule has 0 fully saturated rings. The number of nitrogens with zero attached hydrogens (tertiary/aromatic N) is 2. The van der Waals surface area contributed by atoms with E-state index >= 15 is 0 Å². The Morgan fingerprint density at radius 1 is 0.536 bits per heavy atom. The highest BCUT2D eigenvalue weighted by molar-refractivity contribution is 5.04. The Balaban J connectivity index is 1.38. The molecule has 154 valence electrons. The van der Waals surface area contributed by atoms with Gasteiger partial charge in [-0.15, -0.1) is 0 Å². The van der Waals surface area contributed by atoms with E-state index in [9.17, 15) is 0 Å². The lowest BCUT2D eigenvalue weighted by atomic mass is 10.1. The van der Waals surface area contributed by atoms with Crippen molar-refractivity contribution in [2.75, 3.05) is 0 Å². The molecule has 28 heavy (non-hydrogen) atoms. The minimum atomic E-state index is 1.13. The molecule has 2 rings (SSSR count). The highest BCUT2D eigenvalue weighted by Gasteiger charge is 2.02. The van der Waals surface area contributed by atoms with E-state index in [0.717, 1.165) is 12.8 Å². The number of aromatic nitrogens is 2. The van der Waals surface area contributed by atoms with Crippen molar-refractivity contribution in [3.05, 3.63) is 60.2 Å². The highest BCUT2D eigenvalue weighted by Crippen LogP contribution is 2.10. The first-order valence-corrected chi connectivity index (χ1v) is 11.8. The molecule has 0 aliphatic carbocycles. The van der Waals surface area contributed by atoms with Gasteiger partial charge in [-0.05, 0) is 37.8 Å². The molecule has 2 aromatic heterocycles. The second kappa shape index (κ2) is 14.3. The zero-order chi connectivity index (χ0) is 19.9. The van der Waals surface area contributed by atoms with Crippen LogP contribution in [0.4, 0.5) is 0 Å². The van der Waals surface area contributed by atoms with Crippen LogP contribution in [0.5, 0.6) is 0 Å². The Morgan fingerprint density at radius 2 is 0.893 bits per heavy atom. The van der Waals surface area contributed by atoms with E-state index in [1.807, 2.05) is 0 Å². The lowest BCUT2D eigenvalue weighted by Crippen LogP contribution is -2.33. The van der Waals surface area contributed by atoms with Crippen LogP contribution in [0.15, 0.2) is 49.1 Å². The molecule has 0 atom stereocenters. The summed E-state index contributed by atoms with van der Waals surface area (Å²) in [4.78, 5) is 0. The Labute approximate surface area is 173 Å². The average Bonchev–Trinajstić information content (AvgIpc) is 2.74. The van der Waals surface area contributed by atoms with Crippen molar-refractivity contribution in [2.45, 2.75) is 104 Å². The Bertz CT molecular complexity index is 593. The molecule has 0 aromatic carbocycles. The van der Waals surface area contributed by atoms with E-state index in [1.165, 1.54) is 88.4 Å². The topological polar surface area (TPSA) is 7.76 Å². The number of aryl methyl sites for hydroxylation is 4. The summed E-state index contributed by atoms with van der Waals surface area (Å²) in [7, 11) is 0. The van der Waals surface area contributed by atoms with Gasteiger partial charge in [0.1, 0.15) is 13.1 Å². The molecule has 0 aliphatic rings. The SMILES string of the molecule is CCc1ccc[n+](CCCCCCCCCCCC[n+]2cccc(CC)c2)c1. The van der Waals surface area contributed by atoms with Crippen LogP contribution in [0.25, 0.3) is 0 Å². The van der Waals surface area contributed by atoms with Gasteiger partial charge >= 0.3 is 0 Å². The van der Waals surface area contributed by atoms with Gasteiger partial charge in [-0.25, -0.2) is 9.13 Å². The maximum atomic E-state index is 2.36. The van der Waals surface area contributed by atoms with Crippen LogP contribution in [0.3, 0.4) is 0 Å². The lowest BCUT2D eigenvalue weighted by Gasteiger charge is -2.03. The third-order valence-corrected chi connectivity index (χ3v) is 5.74. The number of rotatable bonds is 15. The van der Waals surface area contributed by atoms with Crippen molar-refractivity contribution in [3.63, 3.8) is 0 Å². The molecule has 0 N–H and O–H groups in total. The van der Waals surface area contributed by atoms with Crippen LogP contribution < -0.4 is 9.13 Å². The summed E-state index contributed by atoms with van der Waals surface area (Å²) < 4.78 is 4.71. The Kier molecular flexibility index (Phi) is 11.6. The van der Waals surface area contributed by atoms with Crippen molar-refractivity contribution in [1.29, 1.82) is 0 Å². The fourth-order valence-electron chi connectivity index (χ4n) is 3.85. The van der Waals surface area contributed by atoms with Gasteiger partial charge in [-0.2, -0.15) is 0 Å². The van der Waals surface area contributed by atoms with E-state index in [-0.39, 0.29) is 0 Å². The summed E-state index contributed by atoms with van der Waals surface area (Å²) >= 11 is 0. The fraction of sp³-hybridized carbons (Fsp3) is 0.615. The number of hydrogen-bond acceptors (Lipinski definition) is 0. The smallest absolute Gasteiger partial charge is 0.171 e. The summed E-state index contributed by atoms with van der Waals surface area (Å²) in [6, 6.07) is 8.80. The second-order valence-corrected chi connectivity index (χ2v) is 8.14. The Hall–Kier alpha value is -1.70. The normalized spacial score (nSPS) is 11.1. The van der Waals surface area contributed by atoms with Crippen molar-refractivity contribution >= 4 is 0 Å². The first-order valence-electron chi connectivity index (χ1n) is 11.8. The molecule has 0 amide bonds. The maximum absolute atomic E-state index is 2.36. The van der Waals surface area contributed by atoms with E-state index in [2.05, 4.69) is 72.0 Å². The Morgan fingerprint density at radius 3 is 1.25 bits per heavy atom. The van der Waals surface area contributed by atoms with Gasteiger partial charge in [-0.1, -0.05) is 52.4 Å². The van der Waals surface area contributed by atoms with Crippen LogP contribution in [-0.2, 0) is 25.9 Å². The molecular weight excluding hydrogens is 340 g/mol. The first-order chi connectivity index (χ1) is 13.8. The predicted octanol–water partition coefficient (Wildman–Crippen LogP) is 5.99. The van der Waals surface area contributed by atoms with E-state index in [1.54, 1.807) is 0 Å². The van der Waals surface area contributed by atoms with Crippen LogP contribution in [0.1, 0.15) is 89.2 Å². The third kappa shape index (κ3) is 9.48. The number of pyridine rings is 2. The molecule has 2 nitrogen and oxygen atoms in total. The molecule has 2 heteroatoms. The first kappa shape index (κ1) is 22.6. The van der Waals surface area contributed by atoms with Gasteiger partial charge in [0.2, 0.25) is 0 Å². The fourth-order valence-corrected chi connectivity index (χ4v) is 3.85. The third-order valence-electron chi connectivity index (χ3n) is 5.74. The summed E-state index contributed by atoms with van der Waals surface area (Å²) in [6.45, 7) is 6.80. The number of hydrogen-bond donors (Lipinski definition) is 0. The van der Waals surface area contributed by atoms with Crippen molar-refractivity contribution in [1.82, 2.24) is 0 Å². The zero-order valence-electron chi connectivity index (χ0n) is 18.4. The van der Waals surface area contributed by atoms with Gasteiger partial charge in [-0.3, -0.25) is 0 Å². The lowest BCUT2D eigenvalue weighted by molar-refractivity contribution is -0.697. The zero-order valence-corrected chi connectivity index (χ0v) is 18.4. The van der Waals surface area contributed by atoms with Crippen molar-refractivity contribution < 1.29 is 9.13 Å². The molecule has 0 bridgehead atoms. The van der Waals surface area contributed by atoms with E-state index in [4.69, 9.17) is 0 Å². The van der Waals surface area contributed by atoms with Gasteiger partial charge in [0.25, 0.3) is 0 Å². The van der Waals surface area contributed by atoms with Gasteiger partial charge in [0.15, 0.2) is 24.8 Å². The monoisotopic (exact) mass is 382 g/mol. The summed E-state index contributed by atoms with van der Waals surface area (Å²) in [6.07, 6.45) is 25.1. The van der Waals surface area contributed by atoms with Gasteiger partial charge in [0.05, 0.1) is 0 Å². The van der Waals surface area contributed by atoms with Crippen LogP contribution in [0, 0.1) is 0 Å². The van der Waals surface area contributed by atoms with Gasteiger partial charge < -0.3 is 0 Å². The molecular formula is C26H42N2+2. The maximum Gasteiger partial charge on any atom is 0.171 e. The van der Waals surface area contributed by atoms with Gasteiger partial charge in [0, 0.05) is 36.1 Å². The van der Waals surface area contributed by atoms with E-state index < -0.39 is 0 Å². The largest absolute Gasteiger partial charge is 0.205 e. The standard InChI is InChI=1S/C26H42N2/c1-3-25-17-15-21-27(23-25)19-13-11-9-7-5-6-8-10-12-14-20-28-22-16-18-26(4-2)24-28/h15-18,21-24H,3-14,19-20H2,1-2H3/q+2. The molecule has 2 heterocycles. The molecule has 0 radical (unpaired) electrons. The predicted molar refractivity (Wildman–Crippen MR) is 118 cm³/mol. The minimum absolute atomic E-state index is 1.13. The summed E-state index contributed by atoms with van der Waals surface area (Å²) in [5, 5.41) is 0. The minimum Gasteiger partial charge on any atom is -0.205 e. The van der Waals surface area contributed by atoms with E-state index in [0.29, 0.717) is 0 Å². The molecule has 0 unspecified atom stereocenters. The molecule has 0 aliphatic heterocycles.